The zero-order valence-electron chi connectivity index (χ0n) is 13.9. The van der Waals surface area contributed by atoms with Gasteiger partial charge in [-0.25, -0.2) is 0 Å². The molecule has 7 heteroatoms. The Morgan fingerprint density at radius 3 is 2.83 bits per heavy atom. The number of hydrogen-bond acceptors (Lipinski definition) is 5. The summed E-state index contributed by atoms with van der Waals surface area (Å²) in [6.45, 7) is 2.72. The molecule has 1 heterocycles. The van der Waals surface area contributed by atoms with E-state index >= 15 is 0 Å². The van der Waals surface area contributed by atoms with Gasteiger partial charge >= 0.3 is 17.8 Å². The summed E-state index contributed by atoms with van der Waals surface area (Å²) in [6, 6.07) is 6.76. The first-order valence-electron chi connectivity index (χ1n) is 7.96. The van der Waals surface area contributed by atoms with Gasteiger partial charge in [0, 0.05) is 24.8 Å². The molecule has 7 nitrogen and oxygen atoms in total. The largest absolute Gasteiger partial charge is 0.497 e. The smallest absolute Gasteiger partial charge is 0.313 e. The molecule has 2 amide bonds. The Labute approximate surface area is 140 Å². The maximum Gasteiger partial charge on any atom is 0.313 e. The number of anilines is 1. The minimum Gasteiger partial charge on any atom is -0.497 e. The molecule has 130 valence electrons. The summed E-state index contributed by atoms with van der Waals surface area (Å²) in [5.74, 6) is -1.48. The van der Waals surface area contributed by atoms with Crippen molar-refractivity contribution in [1.82, 2.24) is 4.90 Å². The summed E-state index contributed by atoms with van der Waals surface area (Å²) in [4.78, 5) is 37.7. The third-order valence-corrected chi connectivity index (χ3v) is 3.85. The Hall–Kier alpha value is -2.57. The number of rotatable bonds is 4. The van der Waals surface area contributed by atoms with Gasteiger partial charge in [-0.2, -0.15) is 0 Å². The lowest BCUT2D eigenvalue weighted by Crippen LogP contribution is -2.47. The van der Waals surface area contributed by atoms with Crippen molar-refractivity contribution in [2.45, 2.75) is 19.8 Å². The van der Waals surface area contributed by atoms with Crippen molar-refractivity contribution >= 4 is 23.5 Å². The average Bonchev–Trinajstić information content (AvgIpc) is 2.61. The van der Waals surface area contributed by atoms with Crippen LogP contribution in [0, 0.1) is 5.92 Å². The molecule has 0 bridgehead atoms. The average molecular weight is 334 g/mol. The zero-order chi connectivity index (χ0) is 17.5. The fourth-order valence-electron chi connectivity index (χ4n) is 2.64. The van der Waals surface area contributed by atoms with Gasteiger partial charge in [0.25, 0.3) is 0 Å². The van der Waals surface area contributed by atoms with Crippen LogP contribution in [0.5, 0.6) is 5.75 Å². The Bertz CT molecular complexity index is 617. The molecule has 0 radical (unpaired) electrons. The second kappa shape index (κ2) is 8.33. The van der Waals surface area contributed by atoms with Gasteiger partial charge in [-0.15, -0.1) is 0 Å². The third-order valence-electron chi connectivity index (χ3n) is 3.85. The van der Waals surface area contributed by atoms with E-state index in [-0.39, 0.29) is 18.4 Å². The first-order chi connectivity index (χ1) is 11.5. The Balaban J connectivity index is 1.96. The quantitative estimate of drug-likeness (QED) is 0.665. The number of carbonyl (C=O) groups is 3. The van der Waals surface area contributed by atoms with Crippen molar-refractivity contribution in [1.29, 1.82) is 0 Å². The molecule has 0 aromatic heterocycles. The van der Waals surface area contributed by atoms with Crippen LogP contribution in [0.25, 0.3) is 0 Å². The van der Waals surface area contributed by atoms with Crippen molar-refractivity contribution in [3.63, 3.8) is 0 Å². The van der Waals surface area contributed by atoms with Crippen LogP contribution in [0.3, 0.4) is 0 Å². The second-order valence-corrected chi connectivity index (χ2v) is 5.53. The highest BCUT2D eigenvalue weighted by Crippen LogP contribution is 2.19. The van der Waals surface area contributed by atoms with Crippen molar-refractivity contribution in [2.75, 3.05) is 32.1 Å². The van der Waals surface area contributed by atoms with Crippen LogP contribution in [0.15, 0.2) is 24.3 Å². The first kappa shape index (κ1) is 17.8. The van der Waals surface area contributed by atoms with Gasteiger partial charge in [-0.1, -0.05) is 6.07 Å². The maximum atomic E-state index is 12.3. The molecule has 0 saturated carbocycles. The fourth-order valence-corrected chi connectivity index (χ4v) is 2.64. The normalized spacial score (nSPS) is 17.1. The van der Waals surface area contributed by atoms with E-state index in [1.807, 2.05) is 0 Å². The van der Waals surface area contributed by atoms with Crippen molar-refractivity contribution in [2.24, 2.45) is 5.92 Å². The molecule has 24 heavy (non-hydrogen) atoms. The Kier molecular flexibility index (Phi) is 6.17. The summed E-state index contributed by atoms with van der Waals surface area (Å²) in [5, 5.41) is 2.56. The van der Waals surface area contributed by atoms with Crippen LogP contribution >= 0.6 is 0 Å². The summed E-state index contributed by atoms with van der Waals surface area (Å²) in [5.41, 5.74) is 0.478. The molecule has 1 saturated heterocycles. The minimum atomic E-state index is -0.729. The molecule has 0 aliphatic carbocycles. The van der Waals surface area contributed by atoms with Gasteiger partial charge in [0.15, 0.2) is 0 Å². The van der Waals surface area contributed by atoms with Gasteiger partial charge < -0.3 is 19.7 Å². The lowest BCUT2D eigenvalue weighted by Gasteiger charge is -2.30. The first-order valence-corrected chi connectivity index (χ1v) is 7.96. The number of piperidine rings is 1. The molecule has 1 N–H and O–H groups in total. The number of esters is 1. The van der Waals surface area contributed by atoms with Crippen LogP contribution < -0.4 is 10.1 Å². The number of hydrogen-bond donors (Lipinski definition) is 1. The molecular formula is C17H22N2O5. The highest BCUT2D eigenvalue weighted by Gasteiger charge is 2.32. The standard InChI is InChI=1S/C17H22N2O5/c1-3-24-17(22)12-6-5-9-19(11-12)16(21)15(20)18-13-7-4-8-14(10-13)23-2/h4,7-8,10,12H,3,5-6,9,11H2,1-2H3,(H,18,20). The van der Waals surface area contributed by atoms with Crippen LogP contribution in [0.2, 0.25) is 0 Å². The predicted molar refractivity (Wildman–Crippen MR) is 87.6 cm³/mol. The van der Waals surface area contributed by atoms with Crippen LogP contribution in [-0.2, 0) is 19.1 Å². The zero-order valence-corrected chi connectivity index (χ0v) is 13.9. The molecule has 1 fully saturated rings. The van der Waals surface area contributed by atoms with Gasteiger partial charge in [-0.3, -0.25) is 14.4 Å². The van der Waals surface area contributed by atoms with E-state index in [4.69, 9.17) is 9.47 Å². The molecule has 1 aromatic carbocycles. The number of likely N-dealkylation sites (tertiary alicyclic amines) is 1. The molecule has 1 aromatic rings. The van der Waals surface area contributed by atoms with E-state index in [0.29, 0.717) is 37.4 Å². The SMILES string of the molecule is CCOC(=O)C1CCCN(C(=O)C(=O)Nc2cccc(OC)c2)C1. The van der Waals surface area contributed by atoms with Crippen molar-refractivity contribution in [3.8, 4) is 5.75 Å². The minimum absolute atomic E-state index is 0.212. The van der Waals surface area contributed by atoms with Gasteiger partial charge in [-0.05, 0) is 31.9 Å². The number of amides is 2. The van der Waals surface area contributed by atoms with Crippen LogP contribution in [0.4, 0.5) is 5.69 Å². The summed E-state index contributed by atoms with van der Waals surface area (Å²) in [6.07, 6.45) is 1.34. The highest BCUT2D eigenvalue weighted by atomic mass is 16.5. The van der Waals surface area contributed by atoms with Crippen LogP contribution in [-0.4, -0.2) is 49.5 Å². The maximum absolute atomic E-state index is 12.3. The summed E-state index contributed by atoms with van der Waals surface area (Å²) >= 11 is 0. The summed E-state index contributed by atoms with van der Waals surface area (Å²) in [7, 11) is 1.52. The molecule has 1 atom stereocenters. The number of nitrogens with one attached hydrogen (secondary N) is 1. The topological polar surface area (TPSA) is 84.9 Å². The monoisotopic (exact) mass is 334 g/mol. The molecular weight excluding hydrogens is 312 g/mol. The third kappa shape index (κ3) is 4.47. The molecule has 1 aliphatic rings. The van der Waals surface area contributed by atoms with E-state index in [1.165, 1.54) is 12.0 Å². The predicted octanol–water partition coefficient (Wildman–Crippen LogP) is 1.44. The number of methoxy groups -OCH3 is 1. The lowest BCUT2D eigenvalue weighted by molar-refractivity contribution is -0.153. The van der Waals surface area contributed by atoms with Crippen molar-refractivity contribution < 1.29 is 23.9 Å². The van der Waals surface area contributed by atoms with E-state index < -0.39 is 11.8 Å². The van der Waals surface area contributed by atoms with Crippen LogP contribution in [0.1, 0.15) is 19.8 Å². The van der Waals surface area contributed by atoms with Gasteiger partial charge in [0.1, 0.15) is 5.75 Å². The second-order valence-electron chi connectivity index (χ2n) is 5.53. The van der Waals surface area contributed by atoms with E-state index in [2.05, 4.69) is 5.32 Å². The molecule has 2 rings (SSSR count). The lowest BCUT2D eigenvalue weighted by atomic mass is 9.98. The van der Waals surface area contributed by atoms with Crippen molar-refractivity contribution in [3.05, 3.63) is 24.3 Å². The van der Waals surface area contributed by atoms with E-state index in [0.717, 1.165) is 0 Å². The highest BCUT2D eigenvalue weighted by molar-refractivity contribution is 6.39. The number of carbonyl (C=O) groups excluding carboxylic acids is 3. The molecule has 0 spiro atoms. The van der Waals surface area contributed by atoms with Gasteiger partial charge in [0.05, 0.1) is 19.6 Å². The fraction of sp³-hybridized carbons (Fsp3) is 0.471. The van der Waals surface area contributed by atoms with E-state index in [1.54, 1.807) is 31.2 Å². The van der Waals surface area contributed by atoms with Gasteiger partial charge in [0.2, 0.25) is 0 Å². The Morgan fingerprint density at radius 2 is 2.12 bits per heavy atom. The number of ether oxygens (including phenoxy) is 2. The molecule has 1 unspecified atom stereocenters. The number of nitrogens with zero attached hydrogens (tertiary/aromatic N) is 1. The molecule has 1 aliphatic heterocycles. The number of benzene rings is 1. The summed E-state index contributed by atoms with van der Waals surface area (Å²) < 4.78 is 10.1. The Morgan fingerprint density at radius 1 is 1.33 bits per heavy atom. The van der Waals surface area contributed by atoms with E-state index in [9.17, 15) is 14.4 Å².